The molecule has 3 aliphatic carbocycles. The average Bonchev–Trinajstić information content (AvgIpc) is 3.01. The van der Waals surface area contributed by atoms with Gasteiger partial charge in [0.25, 0.3) is 0 Å². The van der Waals surface area contributed by atoms with Gasteiger partial charge in [-0.05, 0) is 72.0 Å². The van der Waals surface area contributed by atoms with Crippen LogP contribution in [0.1, 0.15) is 80.1 Å². The van der Waals surface area contributed by atoms with E-state index in [9.17, 15) is 25.2 Å². The van der Waals surface area contributed by atoms with E-state index in [1.807, 2.05) is 6.92 Å². The molecule has 4 fully saturated rings. The molecule has 6 heteroatoms. The number of carbonyl (C=O) groups is 1. The summed E-state index contributed by atoms with van der Waals surface area (Å²) in [5.74, 6) is 0.187. The van der Waals surface area contributed by atoms with Gasteiger partial charge in [0.15, 0.2) is 0 Å². The molecule has 0 aromatic carbocycles. The monoisotopic (exact) mass is 494 g/mol. The lowest BCUT2D eigenvalue weighted by atomic mass is 9.49. The molecule has 4 aliphatic rings. The first kappa shape index (κ1) is 27.5. The second kappa shape index (κ2) is 10.3. The number of hydrogen-bond acceptors (Lipinski definition) is 6. The molecule has 1 heterocycles. The Morgan fingerprint density at radius 3 is 2.37 bits per heavy atom. The van der Waals surface area contributed by atoms with Gasteiger partial charge >= 0.3 is 0 Å². The fraction of sp³-hybridized carbons (Fsp3) is 0.966. The zero-order valence-electron chi connectivity index (χ0n) is 22.6. The number of carbonyl (C=O) groups excluding carboxylic acids is 1. The largest absolute Gasteiger partial charge is 0.390 e. The van der Waals surface area contributed by atoms with Crippen molar-refractivity contribution in [3.63, 3.8) is 0 Å². The van der Waals surface area contributed by atoms with Crippen LogP contribution in [0, 0.1) is 58.7 Å². The molecular weight excluding hydrogens is 444 g/mol. The molecule has 4 rings (SSSR count). The lowest BCUT2D eigenvalue weighted by molar-refractivity contribution is -0.208. The predicted molar refractivity (Wildman–Crippen MR) is 134 cm³/mol. The first-order valence-corrected chi connectivity index (χ1v) is 14.3. The number of ether oxygens (including phenoxy) is 1. The third-order valence-electron chi connectivity index (χ3n) is 11.2. The van der Waals surface area contributed by atoms with E-state index in [0.29, 0.717) is 19.4 Å². The summed E-state index contributed by atoms with van der Waals surface area (Å²) < 4.78 is 6.70. The molecule has 0 radical (unpaired) electrons. The minimum absolute atomic E-state index is 0.0113. The van der Waals surface area contributed by atoms with Crippen molar-refractivity contribution in [3.05, 3.63) is 0 Å². The van der Waals surface area contributed by atoms with Crippen LogP contribution < -0.4 is 0 Å². The summed E-state index contributed by atoms with van der Waals surface area (Å²) in [4.78, 5) is 12.6. The van der Waals surface area contributed by atoms with Crippen LogP contribution >= 0.6 is 0 Å². The summed E-state index contributed by atoms with van der Waals surface area (Å²) in [6.45, 7) is 13.1. The van der Waals surface area contributed by atoms with E-state index < -0.39 is 24.4 Å². The van der Waals surface area contributed by atoms with Gasteiger partial charge in [0, 0.05) is 18.8 Å². The quantitative estimate of drug-likeness (QED) is 0.451. The van der Waals surface area contributed by atoms with E-state index in [-0.39, 0.29) is 70.6 Å². The Bertz CT molecular complexity index is 755. The van der Waals surface area contributed by atoms with Gasteiger partial charge in [0.1, 0.15) is 5.78 Å². The maximum atomic E-state index is 12.6. The fourth-order valence-electron chi connectivity index (χ4n) is 9.29. The van der Waals surface area contributed by atoms with Crippen LogP contribution in [0.2, 0.25) is 0 Å². The van der Waals surface area contributed by atoms with Gasteiger partial charge in [-0.2, -0.15) is 0 Å². The Labute approximate surface area is 211 Å². The van der Waals surface area contributed by atoms with Crippen LogP contribution in [0.15, 0.2) is 0 Å². The van der Waals surface area contributed by atoms with Gasteiger partial charge in [-0.3, -0.25) is 4.79 Å². The Morgan fingerprint density at radius 1 is 1.06 bits per heavy atom. The molecule has 0 spiro atoms. The molecule has 1 saturated heterocycles. The van der Waals surface area contributed by atoms with Crippen molar-refractivity contribution in [2.24, 2.45) is 58.7 Å². The maximum Gasteiger partial charge on any atom is 0.133 e. The number of aliphatic hydroxyl groups is 4. The molecule has 0 bridgehead atoms. The third-order valence-corrected chi connectivity index (χ3v) is 11.2. The smallest absolute Gasteiger partial charge is 0.133 e. The van der Waals surface area contributed by atoms with Crippen molar-refractivity contribution in [2.45, 2.75) is 111 Å². The first-order valence-electron chi connectivity index (χ1n) is 14.3. The highest BCUT2D eigenvalue weighted by Gasteiger charge is 2.65. The van der Waals surface area contributed by atoms with Crippen molar-refractivity contribution in [1.29, 1.82) is 0 Å². The second-order valence-corrected chi connectivity index (χ2v) is 13.3. The van der Waals surface area contributed by atoms with Crippen LogP contribution in [-0.2, 0) is 9.53 Å². The van der Waals surface area contributed by atoms with Crippen molar-refractivity contribution >= 4 is 5.78 Å². The molecule has 6 nitrogen and oxygen atoms in total. The van der Waals surface area contributed by atoms with Crippen LogP contribution in [0.5, 0.6) is 0 Å². The molecule has 4 unspecified atom stereocenters. The topological polar surface area (TPSA) is 107 Å². The minimum atomic E-state index is -0.945. The Balaban J connectivity index is 1.75. The number of fused-ring (bicyclic) bond motifs is 5. The normalized spacial score (nSPS) is 47.3. The van der Waals surface area contributed by atoms with Gasteiger partial charge < -0.3 is 25.2 Å². The minimum Gasteiger partial charge on any atom is -0.390 e. The van der Waals surface area contributed by atoms with Crippen LogP contribution in [0.25, 0.3) is 0 Å². The second-order valence-electron chi connectivity index (χ2n) is 13.3. The van der Waals surface area contributed by atoms with Gasteiger partial charge in [0.05, 0.1) is 37.1 Å². The SMILES string of the molecule is CC[C@@H](C(C)C)[C@@H](O)[C@H](O)[C@H](C)[C@@H]1OC[C@H]2CCC(=O)CC2C2C1[C@@]1(C)CC[C@@H](C)C1[C@@H](O)[C@H]2O. The Kier molecular flexibility index (Phi) is 8.11. The number of hydrogen-bond donors (Lipinski definition) is 4. The molecule has 0 aromatic rings. The molecule has 0 aromatic heterocycles. The van der Waals surface area contributed by atoms with Gasteiger partial charge in [-0.1, -0.05) is 48.0 Å². The average molecular weight is 495 g/mol. The first-order chi connectivity index (χ1) is 16.4. The highest BCUT2D eigenvalue weighted by molar-refractivity contribution is 5.79. The van der Waals surface area contributed by atoms with Gasteiger partial charge in [0.2, 0.25) is 0 Å². The number of ketones is 1. The molecule has 0 amide bonds. The maximum absolute atomic E-state index is 12.6. The van der Waals surface area contributed by atoms with Crippen molar-refractivity contribution in [2.75, 3.05) is 6.61 Å². The molecule has 3 saturated carbocycles. The summed E-state index contributed by atoms with van der Waals surface area (Å²) in [5.41, 5.74) is -0.260. The van der Waals surface area contributed by atoms with Gasteiger partial charge in [-0.15, -0.1) is 0 Å². The lowest BCUT2D eigenvalue weighted by Gasteiger charge is -2.58. The molecule has 1 aliphatic heterocycles. The van der Waals surface area contributed by atoms with Crippen LogP contribution in [-0.4, -0.2) is 63.3 Å². The zero-order valence-corrected chi connectivity index (χ0v) is 22.6. The third kappa shape index (κ3) is 4.54. The van der Waals surface area contributed by atoms with Crippen molar-refractivity contribution in [1.82, 2.24) is 0 Å². The summed E-state index contributed by atoms with van der Waals surface area (Å²) >= 11 is 0. The summed E-state index contributed by atoms with van der Waals surface area (Å²) in [6, 6.07) is 0. The molecule has 35 heavy (non-hydrogen) atoms. The van der Waals surface area contributed by atoms with E-state index in [0.717, 1.165) is 25.7 Å². The number of rotatable bonds is 6. The highest BCUT2D eigenvalue weighted by atomic mass is 16.5. The zero-order chi connectivity index (χ0) is 25.8. The number of Topliss-reactive ketones (excluding diaryl/α,β-unsaturated/α-hetero) is 1. The fourth-order valence-corrected chi connectivity index (χ4v) is 9.29. The van der Waals surface area contributed by atoms with E-state index in [2.05, 4.69) is 34.6 Å². The lowest BCUT2D eigenvalue weighted by Crippen LogP contribution is -2.63. The standard InChI is InChI=1S/C29H50O6/c1-7-19(14(2)3)25(32)24(31)16(5)28-23-21(20-12-18(30)9-8-17(20)13-35-28)26(33)27(34)22-15(4)10-11-29(22,23)6/h14-17,19-28,31-34H,7-13H2,1-6H3/t15-,16+,17-,19+,20?,21?,22?,23?,24-,25-,26+,27-,28+,29+/m1/s1. The molecular formula is C29H50O6. The summed E-state index contributed by atoms with van der Waals surface area (Å²) in [7, 11) is 0. The predicted octanol–water partition coefficient (Wildman–Crippen LogP) is 3.43. The molecule has 4 N–H and O–H groups in total. The van der Waals surface area contributed by atoms with Crippen LogP contribution in [0.3, 0.4) is 0 Å². The van der Waals surface area contributed by atoms with Gasteiger partial charge in [-0.25, -0.2) is 0 Å². The highest BCUT2D eigenvalue weighted by Crippen LogP contribution is 2.64. The van der Waals surface area contributed by atoms with E-state index >= 15 is 0 Å². The Morgan fingerprint density at radius 2 is 1.74 bits per heavy atom. The molecule has 14 atom stereocenters. The summed E-state index contributed by atoms with van der Waals surface area (Å²) in [6.07, 6.45) is 0.573. The summed E-state index contributed by atoms with van der Waals surface area (Å²) in [5, 5.41) is 45.7. The van der Waals surface area contributed by atoms with E-state index in [1.165, 1.54) is 0 Å². The Hall–Kier alpha value is -0.530. The number of aliphatic hydroxyl groups excluding tert-OH is 4. The van der Waals surface area contributed by atoms with E-state index in [1.54, 1.807) is 0 Å². The van der Waals surface area contributed by atoms with E-state index in [4.69, 9.17) is 4.74 Å². The van der Waals surface area contributed by atoms with Crippen molar-refractivity contribution < 1.29 is 30.0 Å². The molecule has 202 valence electrons. The van der Waals surface area contributed by atoms with Crippen LogP contribution in [0.4, 0.5) is 0 Å². The van der Waals surface area contributed by atoms with Crippen molar-refractivity contribution in [3.8, 4) is 0 Å².